The van der Waals surface area contributed by atoms with Crippen LogP contribution in [0.1, 0.15) is 30.4 Å². The molecule has 0 aliphatic heterocycles. The minimum atomic E-state index is -0.348. The molecule has 0 unspecified atom stereocenters. The number of nitrogens with zero attached hydrogens (tertiary/aromatic N) is 2. The number of hydrazone groups is 2. The number of carbonyl (C=O) groups is 2. The zero-order valence-corrected chi connectivity index (χ0v) is 17.2. The predicted octanol–water partition coefficient (Wildman–Crippen LogP) is 1.89. The maximum atomic E-state index is 11.8. The number of aromatic hydroxyl groups is 2. The van der Waals surface area contributed by atoms with Gasteiger partial charge in [0.1, 0.15) is 0 Å². The third-order valence-corrected chi connectivity index (χ3v) is 4.02. The highest BCUT2D eigenvalue weighted by atomic mass is 16.5. The largest absolute Gasteiger partial charge is 0.504 e. The van der Waals surface area contributed by atoms with Gasteiger partial charge in [0.15, 0.2) is 23.0 Å². The summed E-state index contributed by atoms with van der Waals surface area (Å²) in [5, 5.41) is 27.0. The molecule has 0 saturated heterocycles. The van der Waals surface area contributed by atoms with Crippen LogP contribution in [0.3, 0.4) is 0 Å². The molecule has 10 heteroatoms. The summed E-state index contributed by atoms with van der Waals surface area (Å²) >= 11 is 0. The second kappa shape index (κ2) is 11.8. The van der Waals surface area contributed by atoms with Gasteiger partial charge in [0.2, 0.25) is 11.8 Å². The van der Waals surface area contributed by atoms with Crippen LogP contribution in [-0.2, 0) is 9.59 Å². The molecule has 10 nitrogen and oxygen atoms in total. The van der Waals surface area contributed by atoms with E-state index in [-0.39, 0.29) is 36.2 Å². The number of ether oxygens (including phenoxy) is 2. The average Bonchev–Trinajstić information content (AvgIpc) is 2.74. The summed E-state index contributed by atoms with van der Waals surface area (Å²) in [4.78, 5) is 23.6. The van der Waals surface area contributed by atoms with E-state index >= 15 is 0 Å². The van der Waals surface area contributed by atoms with Crippen LogP contribution in [0.15, 0.2) is 46.6 Å². The Balaban J connectivity index is 1.67. The Bertz CT molecular complexity index is 897. The molecule has 164 valence electrons. The molecule has 0 bridgehead atoms. The minimum absolute atomic E-state index is 0.0322. The molecular formula is C21H24N4O6. The van der Waals surface area contributed by atoms with Crippen molar-refractivity contribution in [2.24, 2.45) is 10.2 Å². The second-order valence-electron chi connectivity index (χ2n) is 6.30. The highest BCUT2D eigenvalue weighted by Gasteiger charge is 2.05. The fourth-order valence-electron chi connectivity index (χ4n) is 2.45. The normalized spacial score (nSPS) is 10.9. The van der Waals surface area contributed by atoms with E-state index in [1.54, 1.807) is 24.3 Å². The van der Waals surface area contributed by atoms with Gasteiger partial charge in [0, 0.05) is 12.8 Å². The Morgan fingerprint density at radius 3 is 1.61 bits per heavy atom. The van der Waals surface area contributed by atoms with Crippen molar-refractivity contribution < 1.29 is 29.3 Å². The molecule has 0 radical (unpaired) electrons. The summed E-state index contributed by atoms with van der Waals surface area (Å²) in [5.41, 5.74) is 5.88. The summed E-state index contributed by atoms with van der Waals surface area (Å²) < 4.78 is 9.89. The summed E-state index contributed by atoms with van der Waals surface area (Å²) in [5.74, 6) is -0.0830. The smallest absolute Gasteiger partial charge is 0.240 e. The van der Waals surface area contributed by atoms with Crippen LogP contribution in [0, 0.1) is 0 Å². The monoisotopic (exact) mass is 428 g/mol. The van der Waals surface area contributed by atoms with Crippen molar-refractivity contribution in [3.05, 3.63) is 47.5 Å². The number of benzene rings is 2. The second-order valence-corrected chi connectivity index (χ2v) is 6.30. The maximum Gasteiger partial charge on any atom is 0.240 e. The lowest BCUT2D eigenvalue weighted by molar-refractivity contribution is -0.122. The lowest BCUT2D eigenvalue weighted by atomic mass is 10.2. The molecule has 0 saturated carbocycles. The van der Waals surface area contributed by atoms with Gasteiger partial charge in [-0.3, -0.25) is 9.59 Å². The third kappa shape index (κ3) is 7.69. The van der Waals surface area contributed by atoms with E-state index in [0.717, 1.165) is 0 Å². The van der Waals surface area contributed by atoms with Crippen molar-refractivity contribution in [2.75, 3.05) is 14.2 Å². The standard InChI is InChI=1S/C21H24N4O6/c1-30-18-8-6-14(10-16(18)26)12-22-24-20(28)4-3-5-21(29)25-23-13-15-7-9-19(31-2)17(27)11-15/h6-13,26-27H,3-5H2,1-2H3,(H,24,28)(H,25,29)/b22-12-,23-13+. The zero-order valence-electron chi connectivity index (χ0n) is 17.2. The van der Waals surface area contributed by atoms with Gasteiger partial charge >= 0.3 is 0 Å². The predicted molar refractivity (Wildman–Crippen MR) is 115 cm³/mol. The number of nitrogens with one attached hydrogen (secondary N) is 2. The van der Waals surface area contributed by atoms with Crippen LogP contribution in [0.2, 0.25) is 0 Å². The molecular weight excluding hydrogens is 404 g/mol. The molecule has 0 heterocycles. The number of hydrogen-bond acceptors (Lipinski definition) is 8. The molecule has 0 atom stereocenters. The molecule has 0 aliphatic rings. The first-order valence-corrected chi connectivity index (χ1v) is 9.30. The molecule has 0 fully saturated rings. The van der Waals surface area contributed by atoms with Gasteiger partial charge in [-0.25, -0.2) is 10.9 Å². The zero-order chi connectivity index (χ0) is 22.6. The van der Waals surface area contributed by atoms with Crippen molar-refractivity contribution in [2.45, 2.75) is 19.3 Å². The number of hydrogen-bond donors (Lipinski definition) is 4. The molecule has 0 aromatic heterocycles. The van der Waals surface area contributed by atoms with Crippen LogP contribution >= 0.6 is 0 Å². The number of amides is 2. The van der Waals surface area contributed by atoms with Gasteiger partial charge in [-0.15, -0.1) is 0 Å². The number of phenols is 2. The van der Waals surface area contributed by atoms with Crippen molar-refractivity contribution in [3.63, 3.8) is 0 Å². The van der Waals surface area contributed by atoms with E-state index in [2.05, 4.69) is 21.1 Å². The maximum absolute atomic E-state index is 11.8. The average molecular weight is 428 g/mol. The minimum Gasteiger partial charge on any atom is -0.504 e. The van der Waals surface area contributed by atoms with E-state index in [1.807, 2.05) is 0 Å². The van der Waals surface area contributed by atoms with Gasteiger partial charge in [-0.1, -0.05) is 0 Å². The Morgan fingerprint density at radius 2 is 1.26 bits per heavy atom. The van der Waals surface area contributed by atoms with Gasteiger partial charge in [0.25, 0.3) is 0 Å². The van der Waals surface area contributed by atoms with E-state index < -0.39 is 0 Å². The number of methoxy groups -OCH3 is 2. The first kappa shape index (κ1) is 23.2. The Morgan fingerprint density at radius 1 is 0.839 bits per heavy atom. The molecule has 0 spiro atoms. The summed E-state index contributed by atoms with van der Waals surface area (Å²) in [6.07, 6.45) is 3.30. The van der Waals surface area contributed by atoms with Crippen LogP contribution in [-0.4, -0.2) is 48.7 Å². The van der Waals surface area contributed by atoms with Crippen molar-refractivity contribution >= 4 is 24.2 Å². The highest BCUT2D eigenvalue weighted by Crippen LogP contribution is 2.26. The summed E-state index contributed by atoms with van der Waals surface area (Å²) in [6.45, 7) is 0. The first-order chi connectivity index (χ1) is 14.9. The Labute approximate surface area is 179 Å². The van der Waals surface area contributed by atoms with E-state index in [1.165, 1.54) is 38.8 Å². The lowest BCUT2D eigenvalue weighted by Gasteiger charge is -2.03. The molecule has 2 amide bonds. The van der Waals surface area contributed by atoms with Gasteiger partial charge in [0.05, 0.1) is 26.6 Å². The van der Waals surface area contributed by atoms with Gasteiger partial charge in [-0.05, 0) is 53.9 Å². The van der Waals surface area contributed by atoms with Gasteiger partial charge in [-0.2, -0.15) is 10.2 Å². The highest BCUT2D eigenvalue weighted by molar-refractivity contribution is 5.84. The number of phenolic OH excluding ortho intramolecular Hbond substituents is 2. The SMILES string of the molecule is COc1ccc(/C=N\NC(=O)CCCC(=O)N/N=C/c2ccc(OC)c(O)c2)cc1O. The summed E-state index contributed by atoms with van der Waals surface area (Å²) in [6, 6.07) is 9.41. The molecule has 2 rings (SSSR count). The first-order valence-electron chi connectivity index (χ1n) is 9.30. The molecule has 2 aromatic carbocycles. The van der Waals surface area contributed by atoms with Crippen LogP contribution in [0.5, 0.6) is 23.0 Å². The molecule has 31 heavy (non-hydrogen) atoms. The fraction of sp³-hybridized carbons (Fsp3) is 0.238. The van der Waals surface area contributed by atoms with Crippen LogP contribution in [0.25, 0.3) is 0 Å². The van der Waals surface area contributed by atoms with Crippen LogP contribution in [0.4, 0.5) is 0 Å². The Hall–Kier alpha value is -4.08. The van der Waals surface area contributed by atoms with Gasteiger partial charge < -0.3 is 19.7 Å². The number of rotatable bonds is 10. The van der Waals surface area contributed by atoms with Crippen molar-refractivity contribution in [3.8, 4) is 23.0 Å². The lowest BCUT2D eigenvalue weighted by Crippen LogP contribution is -2.20. The van der Waals surface area contributed by atoms with Crippen molar-refractivity contribution in [1.82, 2.24) is 10.9 Å². The third-order valence-electron chi connectivity index (χ3n) is 4.02. The molecule has 0 aliphatic carbocycles. The molecule has 2 aromatic rings. The number of carbonyl (C=O) groups excluding carboxylic acids is 2. The van der Waals surface area contributed by atoms with E-state index in [0.29, 0.717) is 29.0 Å². The molecule has 4 N–H and O–H groups in total. The topological polar surface area (TPSA) is 142 Å². The van der Waals surface area contributed by atoms with Crippen LogP contribution < -0.4 is 20.3 Å². The Kier molecular flexibility index (Phi) is 8.84. The fourth-order valence-corrected chi connectivity index (χ4v) is 2.45. The summed E-state index contributed by atoms with van der Waals surface area (Å²) in [7, 11) is 2.89. The van der Waals surface area contributed by atoms with E-state index in [9.17, 15) is 19.8 Å². The van der Waals surface area contributed by atoms with Crippen molar-refractivity contribution in [1.29, 1.82) is 0 Å². The van der Waals surface area contributed by atoms with E-state index in [4.69, 9.17) is 9.47 Å². The quantitative estimate of drug-likeness (QED) is 0.336.